The van der Waals surface area contributed by atoms with Crippen molar-refractivity contribution in [1.82, 2.24) is 0 Å². The van der Waals surface area contributed by atoms with Crippen LogP contribution in [0.3, 0.4) is 0 Å². The maximum absolute atomic E-state index is 12.2. The molecule has 0 aliphatic rings. The number of rotatable bonds is 4. The van der Waals surface area contributed by atoms with Crippen molar-refractivity contribution < 1.29 is 26.3 Å². The first kappa shape index (κ1) is 16.8. The van der Waals surface area contributed by atoms with Crippen LogP contribution in [-0.2, 0) is 10.0 Å². The summed E-state index contributed by atoms with van der Waals surface area (Å²) in [6.45, 7) is 3.46. The fourth-order valence-corrected chi connectivity index (χ4v) is 2.65. The van der Waals surface area contributed by atoms with E-state index in [2.05, 4.69) is 0 Å². The minimum Gasteiger partial charge on any atom is -0.484 e. The van der Waals surface area contributed by atoms with Crippen LogP contribution in [0.5, 0.6) is 5.75 Å². The summed E-state index contributed by atoms with van der Waals surface area (Å²) in [5.74, 6) is -0.226. The smallest absolute Gasteiger partial charge is 0.422 e. The Morgan fingerprint density at radius 2 is 1.85 bits per heavy atom. The maximum Gasteiger partial charge on any atom is 0.422 e. The third-order valence-electron chi connectivity index (χ3n) is 2.63. The number of sulfonamides is 1. The molecule has 1 rings (SSSR count). The molecular weight excluding hydrogens is 295 g/mol. The van der Waals surface area contributed by atoms with Crippen LogP contribution in [0.4, 0.5) is 13.2 Å². The molecule has 0 fully saturated rings. The zero-order chi connectivity index (χ0) is 15.7. The number of aryl methyl sites for hydroxylation is 1. The maximum atomic E-state index is 12.2. The van der Waals surface area contributed by atoms with Crippen molar-refractivity contribution in [3.8, 4) is 5.75 Å². The number of alkyl halides is 3. The van der Waals surface area contributed by atoms with E-state index in [0.29, 0.717) is 5.56 Å². The van der Waals surface area contributed by atoms with E-state index in [9.17, 15) is 21.6 Å². The molecule has 0 heterocycles. The van der Waals surface area contributed by atoms with Crippen LogP contribution in [0.25, 0.3) is 0 Å². The van der Waals surface area contributed by atoms with Gasteiger partial charge >= 0.3 is 6.18 Å². The highest BCUT2D eigenvalue weighted by Crippen LogP contribution is 2.31. The minimum atomic E-state index is -4.46. The topological polar surface area (TPSA) is 69.4 Å². The van der Waals surface area contributed by atoms with Crippen LogP contribution < -0.4 is 9.88 Å². The lowest BCUT2D eigenvalue weighted by atomic mass is 10.0. The van der Waals surface area contributed by atoms with Crippen LogP contribution >= 0.6 is 0 Å². The van der Waals surface area contributed by atoms with E-state index in [-0.39, 0.29) is 22.1 Å². The van der Waals surface area contributed by atoms with E-state index >= 15 is 0 Å². The van der Waals surface area contributed by atoms with Gasteiger partial charge in [0.2, 0.25) is 10.0 Å². The Labute approximate surface area is 115 Å². The predicted octanol–water partition coefficient (Wildman–Crippen LogP) is 2.71. The first-order valence-electron chi connectivity index (χ1n) is 5.78. The first-order valence-corrected chi connectivity index (χ1v) is 7.33. The van der Waals surface area contributed by atoms with Gasteiger partial charge in [-0.1, -0.05) is 13.8 Å². The summed E-state index contributed by atoms with van der Waals surface area (Å²) >= 11 is 0. The third-order valence-corrected chi connectivity index (χ3v) is 3.59. The number of nitrogens with two attached hydrogens (primary N) is 1. The summed E-state index contributed by atoms with van der Waals surface area (Å²) in [4.78, 5) is -0.0932. The average molecular weight is 311 g/mol. The van der Waals surface area contributed by atoms with Gasteiger partial charge in [-0.2, -0.15) is 13.2 Å². The highest BCUT2D eigenvalue weighted by Gasteiger charge is 2.29. The summed E-state index contributed by atoms with van der Waals surface area (Å²) in [5, 5.41) is 5.11. The number of benzene rings is 1. The van der Waals surface area contributed by atoms with Crippen molar-refractivity contribution in [3.63, 3.8) is 0 Å². The molecule has 0 unspecified atom stereocenters. The zero-order valence-corrected chi connectivity index (χ0v) is 12.1. The standard InChI is InChI=1S/C12H16F3NO3S/c1-7(2)9-5-10(19-6-12(13,14)15)8(3)4-11(9)20(16,17)18/h4-5,7H,6H2,1-3H3,(H2,16,17,18). The van der Waals surface area contributed by atoms with E-state index in [1.165, 1.54) is 19.1 Å². The van der Waals surface area contributed by atoms with Crippen molar-refractivity contribution in [2.45, 2.75) is 37.8 Å². The summed E-state index contributed by atoms with van der Waals surface area (Å²) in [6.07, 6.45) is -4.46. The lowest BCUT2D eigenvalue weighted by molar-refractivity contribution is -0.153. The summed E-state index contributed by atoms with van der Waals surface area (Å²) in [6, 6.07) is 2.53. The number of hydrogen-bond acceptors (Lipinski definition) is 3. The first-order chi connectivity index (χ1) is 8.92. The lowest BCUT2D eigenvalue weighted by Crippen LogP contribution is -2.20. The van der Waals surface area contributed by atoms with E-state index in [1.54, 1.807) is 13.8 Å². The Hall–Kier alpha value is -1.28. The SMILES string of the molecule is Cc1cc(S(N)(=O)=O)c(C(C)C)cc1OCC(F)(F)F. The van der Waals surface area contributed by atoms with E-state index in [0.717, 1.165) is 0 Å². The van der Waals surface area contributed by atoms with Crippen LogP contribution in [0, 0.1) is 6.92 Å². The van der Waals surface area contributed by atoms with Crippen molar-refractivity contribution in [1.29, 1.82) is 0 Å². The summed E-state index contributed by atoms with van der Waals surface area (Å²) in [5.41, 5.74) is 0.609. The van der Waals surface area contributed by atoms with Gasteiger partial charge in [0.05, 0.1) is 4.90 Å². The molecule has 1 aromatic carbocycles. The highest BCUT2D eigenvalue weighted by atomic mass is 32.2. The monoisotopic (exact) mass is 311 g/mol. The largest absolute Gasteiger partial charge is 0.484 e. The van der Waals surface area contributed by atoms with Gasteiger partial charge in [-0.05, 0) is 36.1 Å². The van der Waals surface area contributed by atoms with Gasteiger partial charge in [0.25, 0.3) is 0 Å². The van der Waals surface area contributed by atoms with Crippen LogP contribution in [0.1, 0.15) is 30.9 Å². The Morgan fingerprint density at radius 3 is 2.25 bits per heavy atom. The molecule has 0 atom stereocenters. The van der Waals surface area contributed by atoms with Crippen molar-refractivity contribution in [3.05, 3.63) is 23.3 Å². The molecule has 0 amide bonds. The second-order valence-corrected chi connectivity index (χ2v) is 6.29. The summed E-state index contributed by atoms with van der Waals surface area (Å²) < 4.78 is 64.2. The third kappa shape index (κ3) is 4.38. The highest BCUT2D eigenvalue weighted by molar-refractivity contribution is 7.89. The molecular formula is C12H16F3NO3S. The number of primary sulfonamides is 1. The van der Waals surface area contributed by atoms with Gasteiger partial charge in [-0.25, -0.2) is 13.6 Å². The van der Waals surface area contributed by atoms with Crippen molar-refractivity contribution in [2.24, 2.45) is 5.14 Å². The lowest BCUT2D eigenvalue weighted by Gasteiger charge is -2.17. The molecule has 0 spiro atoms. The van der Waals surface area contributed by atoms with Gasteiger partial charge in [-0.15, -0.1) is 0 Å². The molecule has 2 N–H and O–H groups in total. The normalized spacial score (nSPS) is 12.8. The predicted molar refractivity (Wildman–Crippen MR) is 68.2 cm³/mol. The second-order valence-electron chi connectivity index (χ2n) is 4.76. The van der Waals surface area contributed by atoms with E-state index in [1.807, 2.05) is 0 Å². The molecule has 0 bridgehead atoms. The quantitative estimate of drug-likeness (QED) is 0.929. The van der Waals surface area contributed by atoms with Crippen LogP contribution in [0.2, 0.25) is 0 Å². The average Bonchev–Trinajstić information content (AvgIpc) is 2.24. The molecule has 8 heteroatoms. The minimum absolute atomic E-state index is 0.00146. The van der Waals surface area contributed by atoms with Gasteiger partial charge in [-0.3, -0.25) is 0 Å². The molecule has 20 heavy (non-hydrogen) atoms. The fraction of sp³-hybridized carbons (Fsp3) is 0.500. The Kier molecular flexibility index (Phi) is 4.70. The molecule has 4 nitrogen and oxygen atoms in total. The molecule has 0 aromatic heterocycles. The number of halogens is 3. The van der Waals surface area contributed by atoms with Gasteiger partial charge < -0.3 is 4.74 Å². The van der Waals surface area contributed by atoms with Crippen molar-refractivity contribution in [2.75, 3.05) is 6.61 Å². The molecule has 0 aliphatic carbocycles. The number of ether oxygens (including phenoxy) is 1. The zero-order valence-electron chi connectivity index (χ0n) is 11.3. The summed E-state index contributed by atoms with van der Waals surface area (Å²) in [7, 11) is -3.94. The Morgan fingerprint density at radius 1 is 1.30 bits per heavy atom. The van der Waals surface area contributed by atoms with Crippen molar-refractivity contribution >= 4 is 10.0 Å². The Balaban J connectivity index is 3.28. The van der Waals surface area contributed by atoms with E-state index in [4.69, 9.17) is 9.88 Å². The Bertz CT molecular complexity index is 595. The molecule has 114 valence electrons. The van der Waals surface area contributed by atoms with Crippen LogP contribution in [0.15, 0.2) is 17.0 Å². The molecule has 0 saturated carbocycles. The molecule has 0 saturated heterocycles. The second kappa shape index (κ2) is 5.61. The molecule has 0 aliphatic heterocycles. The van der Waals surface area contributed by atoms with E-state index < -0.39 is 22.8 Å². The van der Waals surface area contributed by atoms with Gasteiger partial charge in [0, 0.05) is 0 Å². The van der Waals surface area contributed by atoms with Crippen LogP contribution in [-0.4, -0.2) is 21.2 Å². The fourth-order valence-electron chi connectivity index (χ4n) is 1.69. The molecule has 0 radical (unpaired) electrons. The number of hydrogen-bond donors (Lipinski definition) is 1. The van der Waals surface area contributed by atoms with Gasteiger partial charge in [0.15, 0.2) is 6.61 Å². The van der Waals surface area contributed by atoms with Gasteiger partial charge in [0.1, 0.15) is 5.75 Å². The molecule has 1 aromatic rings.